The van der Waals surface area contributed by atoms with Gasteiger partial charge >= 0.3 is 23.9 Å². The van der Waals surface area contributed by atoms with Crippen molar-refractivity contribution in [2.45, 2.75) is 19.9 Å². The van der Waals surface area contributed by atoms with E-state index in [0.29, 0.717) is 6.08 Å². The first-order valence-electron chi connectivity index (χ1n) is 4.86. The van der Waals surface area contributed by atoms with Crippen LogP contribution in [0.2, 0.25) is 0 Å². The molecular weight excluding hydrogens is 262 g/mol. The van der Waals surface area contributed by atoms with Crippen molar-refractivity contribution >= 4 is 23.9 Å². The number of carboxylic acid groups (broad SMARTS) is 4. The monoisotopic (exact) mass is 277 g/mol. The first kappa shape index (κ1) is 18.9. The molecule has 0 aliphatic carbocycles. The summed E-state index contributed by atoms with van der Waals surface area (Å²) in [4.78, 5) is 39.8. The van der Waals surface area contributed by atoms with Crippen molar-refractivity contribution in [1.29, 1.82) is 0 Å². The van der Waals surface area contributed by atoms with Gasteiger partial charge in [-0.25, -0.2) is 9.59 Å². The third-order valence-corrected chi connectivity index (χ3v) is 1.89. The fourth-order valence-corrected chi connectivity index (χ4v) is 0.614. The van der Waals surface area contributed by atoms with Crippen molar-refractivity contribution in [3.63, 3.8) is 0 Å². The largest absolute Gasteiger partial charge is 0.481 e. The summed E-state index contributed by atoms with van der Waals surface area (Å²) >= 11 is 0. The molecule has 0 aromatic heterocycles. The molecule has 0 aliphatic heterocycles. The maximum absolute atomic E-state index is 10.1. The van der Waals surface area contributed by atoms with Crippen LogP contribution in [0.1, 0.15) is 13.8 Å². The van der Waals surface area contributed by atoms with Crippen molar-refractivity contribution in [2.75, 3.05) is 0 Å². The van der Waals surface area contributed by atoms with Gasteiger partial charge in [0.15, 0.2) is 0 Å². The van der Waals surface area contributed by atoms with E-state index >= 15 is 0 Å². The summed E-state index contributed by atoms with van der Waals surface area (Å²) in [6, 6.07) is -1.32. The van der Waals surface area contributed by atoms with E-state index in [9.17, 15) is 19.2 Å². The molecule has 0 aromatic rings. The van der Waals surface area contributed by atoms with Crippen LogP contribution < -0.4 is 5.73 Å². The molecule has 2 atom stereocenters. The zero-order chi connectivity index (χ0) is 15.7. The Labute approximate surface area is 108 Å². The SMILES string of the molecule is C/C(=C\C(=O)O)C(=O)O.CC(C(=O)O)C(N)C(=O)O. The number of rotatable bonds is 5. The predicted molar refractivity (Wildman–Crippen MR) is 61.4 cm³/mol. The van der Waals surface area contributed by atoms with Crippen LogP contribution in [-0.4, -0.2) is 50.3 Å². The smallest absolute Gasteiger partial charge is 0.331 e. The van der Waals surface area contributed by atoms with E-state index in [1.54, 1.807) is 0 Å². The van der Waals surface area contributed by atoms with Gasteiger partial charge in [0.25, 0.3) is 0 Å². The molecule has 19 heavy (non-hydrogen) atoms. The van der Waals surface area contributed by atoms with Gasteiger partial charge < -0.3 is 26.2 Å². The standard InChI is InChI=1S/C5H9NO4.C5H6O4/c1-2(4(7)8)3(6)5(9)10;1-3(5(8)9)2-4(6)7/h2-3H,6H2,1H3,(H,7,8)(H,9,10);2H,1H3,(H,6,7)(H,8,9)/b;3-2+. The summed E-state index contributed by atoms with van der Waals surface area (Å²) in [6.07, 6.45) is 0.641. The van der Waals surface area contributed by atoms with Crippen molar-refractivity contribution in [3.05, 3.63) is 11.6 Å². The fourth-order valence-electron chi connectivity index (χ4n) is 0.614. The lowest BCUT2D eigenvalue weighted by Gasteiger charge is -2.09. The van der Waals surface area contributed by atoms with Gasteiger partial charge in [-0.1, -0.05) is 0 Å². The number of carbonyl (C=O) groups is 4. The number of aliphatic carboxylic acids is 4. The molecule has 0 aromatic carbocycles. The normalized spacial score (nSPS) is 13.5. The Balaban J connectivity index is 0. The van der Waals surface area contributed by atoms with E-state index in [0.717, 1.165) is 0 Å². The molecule has 9 nitrogen and oxygen atoms in total. The van der Waals surface area contributed by atoms with Gasteiger partial charge in [0.1, 0.15) is 6.04 Å². The molecular formula is C10H15NO8. The van der Waals surface area contributed by atoms with Gasteiger partial charge in [-0.3, -0.25) is 9.59 Å². The number of hydrogen-bond acceptors (Lipinski definition) is 5. The average Bonchev–Trinajstić information content (AvgIpc) is 2.26. The van der Waals surface area contributed by atoms with Gasteiger partial charge in [-0.15, -0.1) is 0 Å². The van der Waals surface area contributed by atoms with E-state index in [1.165, 1.54) is 13.8 Å². The van der Waals surface area contributed by atoms with Crippen LogP contribution in [0.5, 0.6) is 0 Å². The third kappa shape index (κ3) is 9.30. The van der Waals surface area contributed by atoms with Gasteiger partial charge in [-0.05, 0) is 13.8 Å². The summed E-state index contributed by atoms with van der Waals surface area (Å²) in [7, 11) is 0. The second-order valence-electron chi connectivity index (χ2n) is 3.46. The van der Waals surface area contributed by atoms with Crippen LogP contribution in [0.4, 0.5) is 0 Å². The summed E-state index contributed by atoms with van der Waals surface area (Å²) < 4.78 is 0. The highest BCUT2D eigenvalue weighted by Crippen LogP contribution is 1.99. The second-order valence-corrected chi connectivity index (χ2v) is 3.46. The summed E-state index contributed by atoms with van der Waals surface area (Å²) in [6.45, 7) is 2.47. The maximum Gasteiger partial charge on any atom is 0.331 e. The molecule has 0 radical (unpaired) electrons. The lowest BCUT2D eigenvalue weighted by atomic mass is 10.0. The third-order valence-electron chi connectivity index (χ3n) is 1.89. The lowest BCUT2D eigenvalue weighted by Crippen LogP contribution is -2.40. The zero-order valence-electron chi connectivity index (χ0n) is 10.2. The molecule has 6 N–H and O–H groups in total. The quantitative estimate of drug-likeness (QED) is 0.403. The summed E-state index contributed by atoms with van der Waals surface area (Å²) in [5.74, 6) is -5.99. The van der Waals surface area contributed by atoms with E-state index < -0.39 is 35.8 Å². The molecule has 0 heterocycles. The highest BCUT2D eigenvalue weighted by Gasteiger charge is 2.25. The first-order chi connectivity index (χ1) is 8.50. The molecule has 0 rings (SSSR count). The van der Waals surface area contributed by atoms with Crippen molar-refractivity contribution in [3.8, 4) is 0 Å². The predicted octanol–water partition coefficient (Wildman–Crippen LogP) is -0.779. The minimum Gasteiger partial charge on any atom is -0.481 e. The Hall–Kier alpha value is -2.42. The van der Waals surface area contributed by atoms with Crippen LogP contribution in [-0.2, 0) is 19.2 Å². The van der Waals surface area contributed by atoms with E-state index in [-0.39, 0.29) is 5.57 Å². The molecule has 0 aliphatic rings. The number of hydrogen-bond donors (Lipinski definition) is 5. The minimum atomic E-state index is -1.32. The Kier molecular flexibility index (Phi) is 8.61. The first-order valence-corrected chi connectivity index (χ1v) is 4.86. The number of carboxylic acids is 4. The molecule has 0 amide bonds. The molecule has 0 bridgehead atoms. The minimum absolute atomic E-state index is 0.178. The molecule has 0 saturated heterocycles. The zero-order valence-corrected chi connectivity index (χ0v) is 10.2. The Morgan fingerprint density at radius 3 is 1.53 bits per heavy atom. The number of nitrogens with two attached hydrogens (primary N) is 1. The molecule has 9 heteroatoms. The fraction of sp³-hybridized carbons (Fsp3) is 0.400. The Morgan fingerprint density at radius 1 is 1.00 bits per heavy atom. The second kappa shape index (κ2) is 8.64. The van der Waals surface area contributed by atoms with E-state index in [2.05, 4.69) is 0 Å². The van der Waals surface area contributed by atoms with Crippen molar-refractivity contribution in [1.82, 2.24) is 0 Å². The molecule has 0 spiro atoms. The maximum atomic E-state index is 10.1. The molecule has 2 unspecified atom stereocenters. The lowest BCUT2D eigenvalue weighted by molar-refractivity contribution is -0.149. The Bertz CT molecular complexity index is 382. The van der Waals surface area contributed by atoms with E-state index in [1.807, 2.05) is 0 Å². The average molecular weight is 277 g/mol. The van der Waals surface area contributed by atoms with Gasteiger partial charge in [0.05, 0.1) is 5.92 Å². The van der Waals surface area contributed by atoms with Crippen LogP contribution in [0.3, 0.4) is 0 Å². The highest BCUT2D eigenvalue weighted by molar-refractivity contribution is 5.94. The van der Waals surface area contributed by atoms with Crippen LogP contribution >= 0.6 is 0 Å². The highest BCUT2D eigenvalue weighted by atomic mass is 16.4. The van der Waals surface area contributed by atoms with Crippen LogP contribution in [0.25, 0.3) is 0 Å². The molecule has 0 saturated carbocycles. The summed E-state index contributed by atoms with van der Waals surface area (Å²) in [5, 5.41) is 32.6. The Morgan fingerprint density at radius 2 is 1.42 bits per heavy atom. The van der Waals surface area contributed by atoms with Crippen LogP contribution in [0.15, 0.2) is 11.6 Å². The van der Waals surface area contributed by atoms with Gasteiger partial charge in [-0.2, -0.15) is 0 Å². The van der Waals surface area contributed by atoms with Crippen molar-refractivity contribution in [2.24, 2.45) is 11.7 Å². The van der Waals surface area contributed by atoms with E-state index in [4.69, 9.17) is 26.2 Å². The van der Waals surface area contributed by atoms with Crippen molar-refractivity contribution < 1.29 is 39.6 Å². The summed E-state index contributed by atoms with van der Waals surface area (Å²) in [5.41, 5.74) is 4.80. The van der Waals surface area contributed by atoms with Gasteiger partial charge in [0, 0.05) is 11.6 Å². The molecule has 108 valence electrons. The molecule has 0 fully saturated rings. The van der Waals surface area contributed by atoms with Gasteiger partial charge in [0.2, 0.25) is 0 Å². The van der Waals surface area contributed by atoms with Crippen LogP contribution in [0, 0.1) is 5.92 Å². The topological polar surface area (TPSA) is 175 Å².